The van der Waals surface area contributed by atoms with Gasteiger partial charge in [0.05, 0.1) is 12.3 Å². The topological polar surface area (TPSA) is 59.9 Å². The zero-order valence-corrected chi connectivity index (χ0v) is 12.6. The average molecular weight is 298 g/mol. The van der Waals surface area contributed by atoms with Gasteiger partial charge in [-0.25, -0.2) is 4.79 Å². The van der Waals surface area contributed by atoms with Crippen molar-refractivity contribution in [1.29, 1.82) is 0 Å². The monoisotopic (exact) mass is 298 g/mol. The Hall–Kier alpha value is -2.82. The van der Waals surface area contributed by atoms with Crippen molar-refractivity contribution in [1.82, 2.24) is 0 Å². The maximum absolute atomic E-state index is 11.7. The van der Waals surface area contributed by atoms with Crippen molar-refractivity contribution in [2.24, 2.45) is 5.16 Å². The molecule has 2 rings (SSSR count). The van der Waals surface area contributed by atoms with Gasteiger partial charge in [-0.3, -0.25) is 10.2 Å². The molecular weight excluding hydrogens is 280 g/mol. The number of nitrogens with zero attached hydrogens (tertiary/aromatic N) is 1. The maximum Gasteiger partial charge on any atom is 0.437 e. The third kappa shape index (κ3) is 4.63. The van der Waals surface area contributed by atoms with E-state index in [9.17, 15) is 4.79 Å². The number of carbonyl (C=O) groups is 1. The smallest absolute Gasteiger partial charge is 0.437 e. The molecule has 5 nitrogen and oxygen atoms in total. The van der Waals surface area contributed by atoms with Crippen LogP contribution in [0.1, 0.15) is 19.4 Å². The van der Waals surface area contributed by atoms with Crippen molar-refractivity contribution in [3.05, 3.63) is 60.2 Å². The zero-order valence-electron chi connectivity index (χ0n) is 12.6. The lowest BCUT2D eigenvalue weighted by Gasteiger charge is -2.06. The van der Waals surface area contributed by atoms with Crippen LogP contribution in [0.4, 0.5) is 10.5 Å². The molecule has 0 saturated heterocycles. The summed E-state index contributed by atoms with van der Waals surface area (Å²) in [5, 5.41) is 6.42. The number of rotatable bonds is 5. The first-order valence-corrected chi connectivity index (χ1v) is 7.00. The van der Waals surface area contributed by atoms with E-state index in [1.807, 2.05) is 43.3 Å². The first-order chi connectivity index (χ1) is 10.7. The second kappa shape index (κ2) is 7.83. The molecule has 114 valence electrons. The number of oxime groups is 1. The number of anilines is 1. The number of hydrogen-bond acceptors (Lipinski definition) is 4. The normalized spacial score (nSPS) is 10.9. The highest BCUT2D eigenvalue weighted by atomic mass is 16.7. The number of ether oxygens (including phenoxy) is 1. The van der Waals surface area contributed by atoms with Crippen LogP contribution in [0.25, 0.3) is 0 Å². The molecule has 0 aliphatic rings. The molecule has 0 aliphatic heterocycles. The van der Waals surface area contributed by atoms with E-state index >= 15 is 0 Å². The Labute approximate surface area is 129 Å². The summed E-state index contributed by atoms with van der Waals surface area (Å²) in [5.41, 5.74) is 2.11. The molecule has 0 bridgehead atoms. The van der Waals surface area contributed by atoms with Crippen LogP contribution in [0.2, 0.25) is 0 Å². The Morgan fingerprint density at radius 1 is 1.14 bits per heavy atom. The third-order valence-corrected chi connectivity index (χ3v) is 2.85. The van der Waals surface area contributed by atoms with Crippen molar-refractivity contribution in [3.63, 3.8) is 0 Å². The number of hydrogen-bond donors (Lipinski definition) is 1. The summed E-state index contributed by atoms with van der Waals surface area (Å²) in [6.07, 6.45) is -0.649. The van der Waals surface area contributed by atoms with Crippen LogP contribution in [-0.4, -0.2) is 18.4 Å². The predicted molar refractivity (Wildman–Crippen MR) is 86.4 cm³/mol. The summed E-state index contributed by atoms with van der Waals surface area (Å²) in [6, 6.07) is 16.6. The molecule has 2 aromatic rings. The maximum atomic E-state index is 11.7. The molecular formula is C17H18N2O3. The van der Waals surface area contributed by atoms with Gasteiger partial charge in [0.15, 0.2) is 0 Å². The standard InChI is InChI=1S/C17H18N2O3/c1-3-21-16-11-7-10-15(12-16)18-17(20)22-19-13(2)14-8-5-4-6-9-14/h4-12H,3H2,1-2H3,(H,18,20)/b19-13+. The molecule has 1 amide bonds. The average Bonchev–Trinajstić information content (AvgIpc) is 2.54. The minimum atomic E-state index is -0.649. The Balaban J connectivity index is 1.94. The Morgan fingerprint density at radius 3 is 2.64 bits per heavy atom. The number of carbonyl (C=O) groups excluding carboxylic acids is 1. The molecule has 2 aromatic carbocycles. The Kier molecular flexibility index (Phi) is 5.54. The molecule has 0 atom stereocenters. The van der Waals surface area contributed by atoms with Gasteiger partial charge in [0.25, 0.3) is 0 Å². The van der Waals surface area contributed by atoms with Gasteiger partial charge >= 0.3 is 6.09 Å². The van der Waals surface area contributed by atoms with Crippen LogP contribution in [0, 0.1) is 0 Å². The molecule has 0 spiro atoms. The summed E-state index contributed by atoms with van der Waals surface area (Å²) in [6.45, 7) is 4.24. The molecule has 22 heavy (non-hydrogen) atoms. The number of amides is 1. The van der Waals surface area contributed by atoms with Crippen LogP contribution < -0.4 is 10.1 Å². The minimum Gasteiger partial charge on any atom is -0.494 e. The van der Waals surface area contributed by atoms with E-state index in [1.165, 1.54) is 0 Å². The van der Waals surface area contributed by atoms with Gasteiger partial charge in [0.2, 0.25) is 0 Å². The molecule has 0 radical (unpaired) electrons. The van der Waals surface area contributed by atoms with Crippen molar-refractivity contribution in [2.45, 2.75) is 13.8 Å². The minimum absolute atomic E-state index is 0.564. The van der Waals surface area contributed by atoms with Crippen LogP contribution in [0.3, 0.4) is 0 Å². The Bertz CT molecular complexity index is 654. The molecule has 1 N–H and O–H groups in total. The van der Waals surface area contributed by atoms with Crippen molar-refractivity contribution in [2.75, 3.05) is 11.9 Å². The van der Waals surface area contributed by atoms with Gasteiger partial charge < -0.3 is 4.74 Å². The van der Waals surface area contributed by atoms with Gasteiger partial charge in [-0.15, -0.1) is 0 Å². The summed E-state index contributed by atoms with van der Waals surface area (Å²) in [4.78, 5) is 16.6. The van der Waals surface area contributed by atoms with E-state index in [-0.39, 0.29) is 0 Å². The van der Waals surface area contributed by atoms with Gasteiger partial charge in [-0.2, -0.15) is 0 Å². The Morgan fingerprint density at radius 2 is 1.91 bits per heavy atom. The molecule has 5 heteroatoms. The lowest BCUT2D eigenvalue weighted by Crippen LogP contribution is -2.12. The fourth-order valence-electron chi connectivity index (χ4n) is 1.81. The highest BCUT2D eigenvalue weighted by Gasteiger charge is 2.05. The molecule has 0 heterocycles. The van der Waals surface area contributed by atoms with Crippen molar-refractivity contribution < 1.29 is 14.4 Å². The van der Waals surface area contributed by atoms with Gasteiger partial charge in [0.1, 0.15) is 5.75 Å². The van der Waals surface area contributed by atoms with Crippen LogP contribution >= 0.6 is 0 Å². The largest absolute Gasteiger partial charge is 0.494 e. The summed E-state index contributed by atoms with van der Waals surface area (Å²) >= 11 is 0. The predicted octanol–water partition coefficient (Wildman–Crippen LogP) is 4.06. The van der Waals surface area contributed by atoms with Crippen LogP contribution in [0.15, 0.2) is 59.8 Å². The van der Waals surface area contributed by atoms with E-state index in [2.05, 4.69) is 10.5 Å². The van der Waals surface area contributed by atoms with E-state index in [0.29, 0.717) is 23.8 Å². The second-order valence-electron chi connectivity index (χ2n) is 4.51. The SMILES string of the molecule is CCOc1cccc(NC(=O)O/N=C(\C)c2ccccc2)c1. The number of nitrogens with one attached hydrogen (secondary N) is 1. The lowest BCUT2D eigenvalue weighted by molar-refractivity contribution is 0.166. The summed E-state index contributed by atoms with van der Waals surface area (Å²) in [5.74, 6) is 0.685. The zero-order chi connectivity index (χ0) is 15.8. The third-order valence-electron chi connectivity index (χ3n) is 2.85. The van der Waals surface area contributed by atoms with Crippen LogP contribution in [-0.2, 0) is 4.84 Å². The second-order valence-corrected chi connectivity index (χ2v) is 4.51. The van der Waals surface area contributed by atoms with Crippen molar-refractivity contribution >= 4 is 17.5 Å². The molecule has 0 aliphatic carbocycles. The molecule has 0 saturated carbocycles. The van der Waals surface area contributed by atoms with Gasteiger partial charge in [-0.1, -0.05) is 41.6 Å². The molecule has 0 unspecified atom stereocenters. The lowest BCUT2D eigenvalue weighted by atomic mass is 10.1. The highest BCUT2D eigenvalue weighted by molar-refractivity contribution is 5.98. The summed E-state index contributed by atoms with van der Waals surface area (Å²) < 4.78 is 5.36. The summed E-state index contributed by atoms with van der Waals surface area (Å²) in [7, 11) is 0. The fraction of sp³-hybridized carbons (Fsp3) is 0.176. The van der Waals surface area contributed by atoms with Gasteiger partial charge in [0, 0.05) is 11.8 Å². The van der Waals surface area contributed by atoms with E-state index in [1.54, 1.807) is 25.1 Å². The van der Waals surface area contributed by atoms with Crippen molar-refractivity contribution in [3.8, 4) is 5.75 Å². The van der Waals surface area contributed by atoms with Gasteiger partial charge in [-0.05, 0) is 31.5 Å². The highest BCUT2D eigenvalue weighted by Crippen LogP contribution is 2.17. The quantitative estimate of drug-likeness (QED) is 0.514. The van der Waals surface area contributed by atoms with Crippen LogP contribution in [0.5, 0.6) is 5.75 Å². The number of benzene rings is 2. The fourth-order valence-corrected chi connectivity index (χ4v) is 1.81. The van der Waals surface area contributed by atoms with E-state index < -0.39 is 6.09 Å². The molecule has 0 aromatic heterocycles. The van der Waals surface area contributed by atoms with E-state index in [0.717, 1.165) is 5.56 Å². The first kappa shape index (κ1) is 15.6. The first-order valence-electron chi connectivity index (χ1n) is 7.00. The molecule has 0 fully saturated rings. The van der Waals surface area contributed by atoms with E-state index in [4.69, 9.17) is 9.57 Å².